The van der Waals surface area contributed by atoms with E-state index in [-0.39, 0.29) is 0 Å². The van der Waals surface area contributed by atoms with Crippen molar-refractivity contribution in [1.82, 2.24) is 20.2 Å². The van der Waals surface area contributed by atoms with Crippen molar-refractivity contribution in [3.05, 3.63) is 66.5 Å². The molecular weight excluding hydrogens is 374 g/mol. The number of benzene rings is 2. The average Bonchev–Trinajstić information content (AvgIpc) is 2.77. The van der Waals surface area contributed by atoms with Crippen molar-refractivity contribution < 1.29 is 0 Å². The summed E-state index contributed by atoms with van der Waals surface area (Å²) in [7, 11) is 0. The van der Waals surface area contributed by atoms with E-state index in [2.05, 4.69) is 74.7 Å². The maximum absolute atomic E-state index is 4.57. The second-order valence-electron chi connectivity index (χ2n) is 6.97. The highest BCUT2D eigenvalue weighted by Gasteiger charge is 2.08. The lowest BCUT2D eigenvalue weighted by molar-refractivity contribution is 0.866. The molecule has 0 spiro atoms. The van der Waals surface area contributed by atoms with Crippen molar-refractivity contribution in [2.45, 2.75) is 20.8 Å². The Morgan fingerprint density at radius 3 is 2.57 bits per heavy atom. The molecule has 2 N–H and O–H groups in total. The molecule has 0 unspecified atom stereocenters. The molecule has 152 valence electrons. The van der Waals surface area contributed by atoms with Crippen molar-refractivity contribution in [2.24, 2.45) is 0 Å². The fourth-order valence-electron chi connectivity index (χ4n) is 3.45. The van der Waals surface area contributed by atoms with Crippen LogP contribution in [0.5, 0.6) is 0 Å². The van der Waals surface area contributed by atoms with Gasteiger partial charge >= 0.3 is 0 Å². The average molecular weight is 400 g/mol. The molecule has 0 radical (unpaired) electrons. The molecule has 2 heterocycles. The van der Waals surface area contributed by atoms with Crippen LogP contribution in [-0.4, -0.2) is 33.3 Å². The number of anilines is 5. The minimum absolute atomic E-state index is 0.413. The molecule has 0 saturated carbocycles. The lowest BCUT2D eigenvalue weighted by Crippen LogP contribution is -2.21. The molecule has 30 heavy (non-hydrogen) atoms. The van der Waals surface area contributed by atoms with Crippen LogP contribution in [-0.2, 0) is 0 Å². The SMILES string of the molecule is CCN(CC)c1ccc(Nc2cnnc(Nc3cccc4cccnc34)n2)c(C)c1. The van der Waals surface area contributed by atoms with E-state index in [1.807, 2.05) is 30.3 Å². The molecule has 4 rings (SSSR count). The van der Waals surface area contributed by atoms with Crippen LogP contribution in [0.25, 0.3) is 10.9 Å². The van der Waals surface area contributed by atoms with Gasteiger partial charge in [-0.1, -0.05) is 18.2 Å². The van der Waals surface area contributed by atoms with E-state index in [1.165, 1.54) is 5.69 Å². The summed E-state index contributed by atoms with van der Waals surface area (Å²) in [5, 5.41) is 15.8. The highest BCUT2D eigenvalue weighted by Crippen LogP contribution is 2.26. The molecular formula is C23H25N7. The molecule has 0 aliphatic heterocycles. The number of hydrogen-bond acceptors (Lipinski definition) is 7. The van der Waals surface area contributed by atoms with Crippen molar-refractivity contribution in [1.29, 1.82) is 0 Å². The summed E-state index contributed by atoms with van der Waals surface area (Å²) >= 11 is 0. The zero-order chi connectivity index (χ0) is 20.9. The van der Waals surface area contributed by atoms with Gasteiger partial charge in [-0.05, 0) is 56.7 Å². The van der Waals surface area contributed by atoms with Crippen LogP contribution in [0.3, 0.4) is 0 Å². The van der Waals surface area contributed by atoms with E-state index in [0.29, 0.717) is 11.8 Å². The van der Waals surface area contributed by atoms with Crippen LogP contribution in [0.4, 0.5) is 28.8 Å². The first kappa shape index (κ1) is 19.6. The van der Waals surface area contributed by atoms with Crippen LogP contribution in [0.2, 0.25) is 0 Å². The summed E-state index contributed by atoms with van der Waals surface area (Å²) in [5.74, 6) is 1.04. The Morgan fingerprint density at radius 1 is 0.933 bits per heavy atom. The predicted molar refractivity (Wildman–Crippen MR) is 123 cm³/mol. The summed E-state index contributed by atoms with van der Waals surface area (Å²) in [5.41, 5.74) is 5.06. The number of para-hydroxylation sites is 1. The summed E-state index contributed by atoms with van der Waals surface area (Å²) in [6, 6.07) is 16.3. The minimum Gasteiger partial charge on any atom is -0.372 e. The van der Waals surface area contributed by atoms with E-state index >= 15 is 0 Å². The van der Waals surface area contributed by atoms with Gasteiger partial charge in [0.2, 0.25) is 5.95 Å². The quantitative estimate of drug-likeness (QED) is 0.449. The molecule has 7 nitrogen and oxygen atoms in total. The lowest BCUT2D eigenvalue weighted by atomic mass is 10.1. The monoisotopic (exact) mass is 399 g/mol. The molecule has 0 aliphatic carbocycles. The lowest BCUT2D eigenvalue weighted by Gasteiger charge is -2.22. The number of fused-ring (bicyclic) bond motifs is 1. The highest BCUT2D eigenvalue weighted by atomic mass is 15.3. The molecule has 0 atom stereocenters. The third-order valence-corrected chi connectivity index (χ3v) is 5.04. The van der Waals surface area contributed by atoms with Crippen LogP contribution < -0.4 is 15.5 Å². The van der Waals surface area contributed by atoms with Gasteiger partial charge in [0.25, 0.3) is 0 Å². The van der Waals surface area contributed by atoms with Crippen LogP contribution in [0.15, 0.2) is 60.9 Å². The van der Waals surface area contributed by atoms with Crippen molar-refractivity contribution in [3.8, 4) is 0 Å². The number of nitrogens with one attached hydrogen (secondary N) is 2. The first-order valence-electron chi connectivity index (χ1n) is 10.1. The van der Waals surface area contributed by atoms with Gasteiger partial charge in [-0.15, -0.1) is 5.10 Å². The van der Waals surface area contributed by atoms with Crippen molar-refractivity contribution in [3.63, 3.8) is 0 Å². The number of nitrogens with zero attached hydrogens (tertiary/aromatic N) is 5. The first-order chi connectivity index (χ1) is 14.7. The summed E-state index contributed by atoms with van der Waals surface area (Å²) in [4.78, 5) is 11.3. The molecule has 0 saturated heterocycles. The smallest absolute Gasteiger partial charge is 0.249 e. The van der Waals surface area contributed by atoms with E-state index in [1.54, 1.807) is 12.4 Å². The zero-order valence-corrected chi connectivity index (χ0v) is 17.4. The standard InChI is InChI=1S/C23H25N7/c1-4-30(5-2)18-11-12-19(16(3)14-18)26-21-15-25-29-23(28-21)27-20-10-6-8-17-9-7-13-24-22(17)20/h6-15H,4-5H2,1-3H3,(H2,26,27,28,29). The van der Waals surface area contributed by atoms with Crippen LogP contribution in [0.1, 0.15) is 19.4 Å². The van der Waals surface area contributed by atoms with Gasteiger partial charge in [-0.25, -0.2) is 0 Å². The summed E-state index contributed by atoms with van der Waals surface area (Å²) in [6.07, 6.45) is 3.39. The Labute approximate surface area is 176 Å². The van der Waals surface area contributed by atoms with Gasteiger partial charge in [-0.3, -0.25) is 4.98 Å². The predicted octanol–water partition coefficient (Wildman–Crippen LogP) is 5.06. The van der Waals surface area contributed by atoms with Gasteiger partial charge in [0.1, 0.15) is 0 Å². The maximum atomic E-state index is 4.57. The van der Waals surface area contributed by atoms with Crippen molar-refractivity contribution in [2.75, 3.05) is 28.6 Å². The molecule has 0 bridgehead atoms. The molecule has 0 amide bonds. The van der Waals surface area contributed by atoms with E-state index in [9.17, 15) is 0 Å². The fraction of sp³-hybridized carbons (Fsp3) is 0.217. The largest absolute Gasteiger partial charge is 0.372 e. The van der Waals surface area contributed by atoms with Gasteiger partial charge in [0.05, 0.1) is 17.4 Å². The number of pyridine rings is 1. The van der Waals surface area contributed by atoms with Crippen LogP contribution in [0, 0.1) is 6.92 Å². The van der Waals surface area contributed by atoms with E-state index in [0.717, 1.165) is 40.9 Å². The van der Waals surface area contributed by atoms with Crippen molar-refractivity contribution >= 4 is 39.7 Å². The Bertz CT molecular complexity index is 1150. The van der Waals surface area contributed by atoms with Gasteiger partial charge in [-0.2, -0.15) is 10.1 Å². The Hall–Kier alpha value is -3.74. The van der Waals surface area contributed by atoms with E-state index in [4.69, 9.17) is 0 Å². The van der Waals surface area contributed by atoms with Gasteiger partial charge in [0, 0.05) is 36.0 Å². The second kappa shape index (κ2) is 8.73. The molecule has 4 aromatic rings. The molecule has 7 heteroatoms. The topological polar surface area (TPSA) is 78.9 Å². The molecule has 2 aromatic heterocycles. The third-order valence-electron chi connectivity index (χ3n) is 5.04. The Kier molecular flexibility index (Phi) is 5.70. The zero-order valence-electron chi connectivity index (χ0n) is 17.4. The number of aryl methyl sites for hydroxylation is 1. The summed E-state index contributed by atoms with van der Waals surface area (Å²) in [6.45, 7) is 8.38. The molecule has 2 aromatic carbocycles. The fourth-order valence-corrected chi connectivity index (χ4v) is 3.45. The third kappa shape index (κ3) is 4.15. The maximum Gasteiger partial charge on any atom is 0.249 e. The molecule has 0 aliphatic rings. The van der Waals surface area contributed by atoms with Gasteiger partial charge < -0.3 is 15.5 Å². The first-order valence-corrected chi connectivity index (χ1v) is 10.1. The number of hydrogen-bond donors (Lipinski definition) is 2. The molecule has 0 fully saturated rings. The van der Waals surface area contributed by atoms with Gasteiger partial charge in [0.15, 0.2) is 5.82 Å². The summed E-state index contributed by atoms with van der Waals surface area (Å²) < 4.78 is 0. The minimum atomic E-state index is 0.413. The Balaban J connectivity index is 1.55. The second-order valence-corrected chi connectivity index (χ2v) is 6.97. The number of rotatable bonds is 7. The number of aromatic nitrogens is 4. The normalized spacial score (nSPS) is 10.8. The van der Waals surface area contributed by atoms with Crippen LogP contribution >= 0.6 is 0 Å². The van der Waals surface area contributed by atoms with E-state index < -0.39 is 0 Å². The highest BCUT2D eigenvalue weighted by molar-refractivity contribution is 5.91. The Morgan fingerprint density at radius 2 is 1.77 bits per heavy atom.